The van der Waals surface area contributed by atoms with Crippen LogP contribution in [0.4, 0.5) is 0 Å². The first kappa shape index (κ1) is 14.4. The number of rotatable bonds is 4. The highest BCUT2D eigenvalue weighted by Gasteiger charge is 2.38. The van der Waals surface area contributed by atoms with Gasteiger partial charge in [-0.3, -0.25) is 0 Å². The van der Waals surface area contributed by atoms with E-state index in [4.69, 9.17) is 0 Å². The average Bonchev–Trinajstić information content (AvgIpc) is 3.01. The van der Waals surface area contributed by atoms with Gasteiger partial charge in [0.15, 0.2) is 0 Å². The van der Waals surface area contributed by atoms with Gasteiger partial charge in [0.2, 0.25) is 0 Å². The molecule has 0 saturated heterocycles. The Kier molecular flexibility index (Phi) is 3.63. The van der Waals surface area contributed by atoms with E-state index in [9.17, 15) is 9.90 Å². The molecule has 4 N–H and O–H groups in total. The summed E-state index contributed by atoms with van der Waals surface area (Å²) in [6.45, 7) is 4.50. The summed E-state index contributed by atoms with van der Waals surface area (Å²) in [6.07, 6.45) is 3.33. The summed E-state index contributed by atoms with van der Waals surface area (Å²) in [7, 11) is 0. The van der Waals surface area contributed by atoms with Gasteiger partial charge in [0.1, 0.15) is 0 Å². The lowest BCUT2D eigenvalue weighted by Gasteiger charge is -2.32. The maximum atomic E-state index is 11.3. The van der Waals surface area contributed by atoms with E-state index in [0.717, 1.165) is 35.9 Å². The van der Waals surface area contributed by atoms with Crippen LogP contribution in [0, 0.1) is 5.41 Å². The molecular weight excluding hydrogens is 266 g/mol. The van der Waals surface area contributed by atoms with Gasteiger partial charge in [-0.15, -0.1) is 0 Å². The molecule has 3 rings (SSSR count). The fourth-order valence-electron chi connectivity index (χ4n) is 3.42. The van der Waals surface area contributed by atoms with Crippen LogP contribution in [0.2, 0.25) is 0 Å². The summed E-state index contributed by atoms with van der Waals surface area (Å²) in [5, 5.41) is 13.3. The zero-order valence-electron chi connectivity index (χ0n) is 12.6. The SMILES string of the molecule is CC(NC1CCCC1(C)CO)c1ccc2[nH]c(=O)[nH]c2c1. The van der Waals surface area contributed by atoms with E-state index in [2.05, 4.69) is 29.1 Å². The number of nitrogens with one attached hydrogen (secondary N) is 3. The first-order valence-electron chi connectivity index (χ1n) is 7.61. The first-order chi connectivity index (χ1) is 10.0. The molecule has 1 heterocycles. The summed E-state index contributed by atoms with van der Waals surface area (Å²) in [5.74, 6) is 0. The standard InChI is InChI=1S/C16H23N3O2/c1-10(17-14-4-3-7-16(14,2)9-20)11-5-6-12-13(8-11)19-15(21)18-12/h5-6,8,10,14,17,20H,3-4,7,9H2,1-2H3,(H2,18,19,21). The molecule has 5 heteroatoms. The molecule has 21 heavy (non-hydrogen) atoms. The minimum atomic E-state index is -0.175. The van der Waals surface area contributed by atoms with Crippen LogP contribution in [0.1, 0.15) is 44.7 Å². The number of aromatic nitrogens is 2. The lowest BCUT2D eigenvalue weighted by molar-refractivity contribution is 0.114. The quantitative estimate of drug-likeness (QED) is 0.695. The van der Waals surface area contributed by atoms with Crippen LogP contribution < -0.4 is 11.0 Å². The molecule has 114 valence electrons. The third-order valence-electron chi connectivity index (χ3n) is 4.93. The van der Waals surface area contributed by atoms with E-state index in [1.54, 1.807) is 0 Å². The number of imidazole rings is 1. The van der Waals surface area contributed by atoms with Crippen LogP contribution in [0.25, 0.3) is 11.0 Å². The molecule has 0 spiro atoms. The molecule has 3 unspecified atom stereocenters. The number of H-pyrrole nitrogens is 2. The fraction of sp³-hybridized carbons (Fsp3) is 0.562. The van der Waals surface area contributed by atoms with E-state index >= 15 is 0 Å². The van der Waals surface area contributed by atoms with Gasteiger partial charge >= 0.3 is 5.69 Å². The van der Waals surface area contributed by atoms with Gasteiger partial charge in [-0.1, -0.05) is 19.4 Å². The smallest absolute Gasteiger partial charge is 0.323 e. The van der Waals surface area contributed by atoms with Gasteiger partial charge in [0.25, 0.3) is 0 Å². The Morgan fingerprint density at radius 2 is 2.19 bits per heavy atom. The number of hydrogen-bond acceptors (Lipinski definition) is 3. The normalized spacial score (nSPS) is 27.3. The zero-order chi connectivity index (χ0) is 15.0. The highest BCUT2D eigenvalue weighted by atomic mass is 16.3. The van der Waals surface area contributed by atoms with Gasteiger partial charge in [0.05, 0.1) is 11.0 Å². The Bertz CT molecular complexity index is 690. The maximum absolute atomic E-state index is 11.3. The predicted octanol–water partition coefficient (Wildman–Crippen LogP) is 2.06. The molecule has 1 aromatic heterocycles. The number of aliphatic hydroxyl groups excluding tert-OH is 1. The highest BCUT2D eigenvalue weighted by Crippen LogP contribution is 2.38. The molecule has 0 bridgehead atoms. The van der Waals surface area contributed by atoms with Crippen LogP contribution in [-0.2, 0) is 0 Å². The molecule has 5 nitrogen and oxygen atoms in total. The van der Waals surface area contributed by atoms with Crippen LogP contribution >= 0.6 is 0 Å². The lowest BCUT2D eigenvalue weighted by Crippen LogP contribution is -2.42. The van der Waals surface area contributed by atoms with Crippen molar-refractivity contribution in [3.8, 4) is 0 Å². The van der Waals surface area contributed by atoms with Crippen molar-refractivity contribution in [2.45, 2.75) is 45.2 Å². The van der Waals surface area contributed by atoms with Gasteiger partial charge in [-0.2, -0.15) is 0 Å². The third kappa shape index (κ3) is 2.63. The average molecular weight is 289 g/mol. The van der Waals surface area contributed by atoms with Gasteiger partial charge in [-0.25, -0.2) is 4.79 Å². The molecule has 2 aromatic rings. The van der Waals surface area contributed by atoms with Gasteiger partial charge in [-0.05, 0) is 37.5 Å². The third-order valence-corrected chi connectivity index (χ3v) is 4.93. The summed E-state index contributed by atoms with van der Waals surface area (Å²) in [4.78, 5) is 16.9. The monoisotopic (exact) mass is 289 g/mol. The summed E-state index contributed by atoms with van der Waals surface area (Å²) in [5.41, 5.74) is 2.61. The van der Waals surface area contributed by atoms with Crippen LogP contribution in [0.15, 0.2) is 23.0 Å². The Balaban J connectivity index is 1.80. The first-order valence-corrected chi connectivity index (χ1v) is 7.61. The van der Waals surface area contributed by atoms with Crippen molar-refractivity contribution in [2.75, 3.05) is 6.61 Å². The van der Waals surface area contributed by atoms with Crippen molar-refractivity contribution in [1.29, 1.82) is 0 Å². The number of aromatic amines is 2. The molecule has 1 saturated carbocycles. The largest absolute Gasteiger partial charge is 0.396 e. The van der Waals surface area contributed by atoms with E-state index < -0.39 is 0 Å². The Morgan fingerprint density at radius 3 is 2.95 bits per heavy atom. The number of benzene rings is 1. The molecular formula is C16H23N3O2. The van der Waals surface area contributed by atoms with Crippen LogP contribution in [-0.4, -0.2) is 27.7 Å². The number of hydrogen-bond donors (Lipinski definition) is 4. The van der Waals surface area contributed by atoms with Crippen molar-refractivity contribution in [1.82, 2.24) is 15.3 Å². The second-order valence-corrected chi connectivity index (χ2v) is 6.53. The summed E-state index contributed by atoms with van der Waals surface area (Å²) in [6, 6.07) is 6.49. The maximum Gasteiger partial charge on any atom is 0.323 e. The second-order valence-electron chi connectivity index (χ2n) is 6.53. The topological polar surface area (TPSA) is 80.9 Å². The minimum absolute atomic E-state index is 0.0270. The Labute approximate surface area is 123 Å². The van der Waals surface area contributed by atoms with Crippen LogP contribution in [0.5, 0.6) is 0 Å². The van der Waals surface area contributed by atoms with E-state index in [1.165, 1.54) is 0 Å². The highest BCUT2D eigenvalue weighted by molar-refractivity contribution is 5.75. The van der Waals surface area contributed by atoms with Crippen molar-refractivity contribution >= 4 is 11.0 Å². The number of aliphatic hydroxyl groups is 1. The molecule has 1 aliphatic rings. The van der Waals surface area contributed by atoms with Gasteiger partial charge in [0, 0.05) is 24.1 Å². The number of fused-ring (bicyclic) bond motifs is 1. The molecule has 3 atom stereocenters. The van der Waals surface area contributed by atoms with Gasteiger partial charge < -0.3 is 20.4 Å². The van der Waals surface area contributed by atoms with E-state index in [-0.39, 0.29) is 23.8 Å². The van der Waals surface area contributed by atoms with E-state index in [1.807, 2.05) is 18.2 Å². The van der Waals surface area contributed by atoms with Crippen molar-refractivity contribution in [3.05, 3.63) is 34.2 Å². The molecule has 1 fully saturated rings. The second kappa shape index (κ2) is 5.31. The zero-order valence-corrected chi connectivity index (χ0v) is 12.6. The molecule has 0 amide bonds. The molecule has 1 aliphatic carbocycles. The van der Waals surface area contributed by atoms with Crippen molar-refractivity contribution in [2.24, 2.45) is 5.41 Å². The minimum Gasteiger partial charge on any atom is -0.396 e. The van der Waals surface area contributed by atoms with Crippen molar-refractivity contribution < 1.29 is 5.11 Å². The van der Waals surface area contributed by atoms with E-state index in [0.29, 0.717) is 6.04 Å². The lowest BCUT2D eigenvalue weighted by atomic mass is 9.85. The molecule has 0 radical (unpaired) electrons. The summed E-state index contributed by atoms with van der Waals surface area (Å²) < 4.78 is 0. The Morgan fingerprint density at radius 1 is 1.43 bits per heavy atom. The molecule has 1 aromatic carbocycles. The Hall–Kier alpha value is -1.59. The predicted molar refractivity (Wildman–Crippen MR) is 83.3 cm³/mol. The fourth-order valence-corrected chi connectivity index (χ4v) is 3.42. The molecule has 0 aliphatic heterocycles. The summed E-state index contributed by atoms with van der Waals surface area (Å²) >= 11 is 0. The van der Waals surface area contributed by atoms with Crippen molar-refractivity contribution in [3.63, 3.8) is 0 Å². The van der Waals surface area contributed by atoms with Crippen LogP contribution in [0.3, 0.4) is 0 Å².